The fourth-order valence-corrected chi connectivity index (χ4v) is 3.24. The van der Waals surface area contributed by atoms with Gasteiger partial charge in [-0.05, 0) is 42.6 Å². The van der Waals surface area contributed by atoms with Gasteiger partial charge in [0.15, 0.2) is 0 Å². The molecule has 1 spiro atoms. The van der Waals surface area contributed by atoms with Crippen molar-refractivity contribution in [3.63, 3.8) is 0 Å². The van der Waals surface area contributed by atoms with Crippen LogP contribution in [0.3, 0.4) is 0 Å². The quantitative estimate of drug-likeness (QED) is 0.685. The smallest absolute Gasteiger partial charge is 0.00505 e. The first-order chi connectivity index (χ1) is 7.39. The van der Waals surface area contributed by atoms with E-state index in [2.05, 4.69) is 32.6 Å². The molecule has 2 aliphatic rings. The zero-order chi connectivity index (χ0) is 11.8. The molecule has 0 amide bonds. The maximum absolute atomic E-state index is 2.68. The van der Waals surface area contributed by atoms with E-state index in [1.165, 1.54) is 51.7 Å². The van der Waals surface area contributed by atoms with Gasteiger partial charge < -0.3 is 4.90 Å². The van der Waals surface area contributed by atoms with E-state index < -0.39 is 0 Å². The van der Waals surface area contributed by atoms with E-state index in [-0.39, 0.29) is 0 Å². The minimum Gasteiger partial charge on any atom is -0.302 e. The lowest BCUT2D eigenvalue weighted by Gasteiger charge is -2.54. The van der Waals surface area contributed by atoms with Crippen LogP contribution in [0.4, 0.5) is 0 Å². The normalized spacial score (nSPS) is 27.0. The Morgan fingerprint density at radius 3 is 2.19 bits per heavy atom. The summed E-state index contributed by atoms with van der Waals surface area (Å²) in [7, 11) is 0. The lowest BCUT2D eigenvalue weighted by molar-refractivity contribution is -0.0404. The van der Waals surface area contributed by atoms with Crippen molar-refractivity contribution >= 4 is 0 Å². The standard InChI is InChI=1S/C15H29N/c1-13-5-7-15(8-6-13)11-16(12-15)10-9-14(2,3)4/h13H,5-12H2,1-4H3. The molecule has 16 heavy (non-hydrogen) atoms. The number of nitrogens with zero attached hydrogens (tertiary/aromatic N) is 1. The first-order valence-electron chi connectivity index (χ1n) is 7.11. The Balaban J connectivity index is 1.69. The summed E-state index contributed by atoms with van der Waals surface area (Å²) < 4.78 is 0. The van der Waals surface area contributed by atoms with Gasteiger partial charge in [-0.25, -0.2) is 0 Å². The molecule has 0 bridgehead atoms. The molecule has 0 aromatic rings. The highest BCUT2D eigenvalue weighted by Gasteiger charge is 2.44. The van der Waals surface area contributed by atoms with Crippen molar-refractivity contribution in [2.75, 3.05) is 19.6 Å². The van der Waals surface area contributed by atoms with E-state index in [1.54, 1.807) is 0 Å². The summed E-state index contributed by atoms with van der Waals surface area (Å²) in [5, 5.41) is 0. The van der Waals surface area contributed by atoms with Crippen LogP contribution in [0.5, 0.6) is 0 Å². The summed E-state index contributed by atoms with van der Waals surface area (Å²) in [6, 6.07) is 0. The van der Waals surface area contributed by atoms with Crippen molar-refractivity contribution in [1.29, 1.82) is 0 Å². The number of hydrogen-bond donors (Lipinski definition) is 0. The van der Waals surface area contributed by atoms with Gasteiger partial charge in [0.25, 0.3) is 0 Å². The third-order valence-corrected chi connectivity index (χ3v) is 4.63. The van der Waals surface area contributed by atoms with Crippen molar-refractivity contribution in [1.82, 2.24) is 4.90 Å². The Morgan fingerprint density at radius 1 is 1.12 bits per heavy atom. The van der Waals surface area contributed by atoms with Crippen LogP contribution in [0.15, 0.2) is 0 Å². The van der Waals surface area contributed by atoms with Crippen LogP contribution < -0.4 is 0 Å². The fraction of sp³-hybridized carbons (Fsp3) is 1.00. The molecule has 2 fully saturated rings. The Morgan fingerprint density at radius 2 is 1.69 bits per heavy atom. The third-order valence-electron chi connectivity index (χ3n) is 4.63. The maximum Gasteiger partial charge on any atom is 0.00505 e. The third kappa shape index (κ3) is 3.00. The second-order valence-corrected chi connectivity index (χ2v) is 7.70. The van der Waals surface area contributed by atoms with Gasteiger partial charge in [0.1, 0.15) is 0 Å². The van der Waals surface area contributed by atoms with Gasteiger partial charge in [-0.15, -0.1) is 0 Å². The monoisotopic (exact) mass is 223 g/mol. The molecule has 0 unspecified atom stereocenters. The zero-order valence-corrected chi connectivity index (χ0v) is 11.7. The molecule has 1 nitrogen and oxygen atoms in total. The van der Waals surface area contributed by atoms with Crippen LogP contribution >= 0.6 is 0 Å². The molecule has 1 heteroatoms. The summed E-state index contributed by atoms with van der Waals surface area (Å²) in [6.45, 7) is 13.6. The van der Waals surface area contributed by atoms with Crippen molar-refractivity contribution in [3.05, 3.63) is 0 Å². The highest BCUT2D eigenvalue weighted by Crippen LogP contribution is 2.45. The fourth-order valence-electron chi connectivity index (χ4n) is 3.24. The van der Waals surface area contributed by atoms with E-state index in [0.29, 0.717) is 5.41 Å². The first kappa shape index (κ1) is 12.4. The molecule has 0 aromatic heterocycles. The van der Waals surface area contributed by atoms with Crippen molar-refractivity contribution < 1.29 is 0 Å². The Labute approximate surface area is 102 Å². The topological polar surface area (TPSA) is 3.24 Å². The van der Waals surface area contributed by atoms with E-state index >= 15 is 0 Å². The van der Waals surface area contributed by atoms with E-state index in [0.717, 1.165) is 11.3 Å². The molecule has 1 saturated heterocycles. The zero-order valence-electron chi connectivity index (χ0n) is 11.7. The Hall–Kier alpha value is -0.0400. The number of rotatable bonds is 2. The maximum atomic E-state index is 2.68. The van der Waals surface area contributed by atoms with Gasteiger partial charge in [-0.3, -0.25) is 0 Å². The molecule has 94 valence electrons. The van der Waals surface area contributed by atoms with Gasteiger partial charge in [0, 0.05) is 13.1 Å². The van der Waals surface area contributed by atoms with Crippen LogP contribution in [-0.2, 0) is 0 Å². The predicted molar refractivity (Wildman–Crippen MR) is 70.6 cm³/mol. The van der Waals surface area contributed by atoms with Gasteiger partial charge in [0.2, 0.25) is 0 Å². The minimum atomic E-state index is 0.504. The Kier molecular flexibility index (Phi) is 3.36. The largest absolute Gasteiger partial charge is 0.302 e. The summed E-state index contributed by atoms with van der Waals surface area (Å²) in [4.78, 5) is 2.68. The molecule has 0 atom stereocenters. The molecule has 1 saturated carbocycles. The van der Waals surface area contributed by atoms with Gasteiger partial charge >= 0.3 is 0 Å². The molecule has 1 heterocycles. The SMILES string of the molecule is CC1CCC2(CC1)CN(CCC(C)(C)C)C2. The van der Waals surface area contributed by atoms with E-state index in [4.69, 9.17) is 0 Å². The lowest BCUT2D eigenvalue weighted by atomic mass is 9.66. The highest BCUT2D eigenvalue weighted by molar-refractivity contribution is 4.97. The summed E-state index contributed by atoms with van der Waals surface area (Å²) in [5.41, 5.74) is 1.26. The number of hydrogen-bond acceptors (Lipinski definition) is 1. The molecule has 1 aliphatic carbocycles. The van der Waals surface area contributed by atoms with Crippen LogP contribution in [0.2, 0.25) is 0 Å². The first-order valence-corrected chi connectivity index (χ1v) is 7.11. The minimum absolute atomic E-state index is 0.504. The molecule has 0 aromatic carbocycles. The van der Waals surface area contributed by atoms with Gasteiger partial charge in [-0.1, -0.05) is 40.5 Å². The second kappa shape index (κ2) is 4.33. The summed E-state index contributed by atoms with van der Waals surface area (Å²) in [6.07, 6.45) is 7.31. The molecule has 1 aliphatic heterocycles. The molecular formula is C15H29N. The highest BCUT2D eigenvalue weighted by atomic mass is 15.2. The van der Waals surface area contributed by atoms with Gasteiger partial charge in [0.05, 0.1) is 0 Å². The lowest BCUT2D eigenvalue weighted by Crippen LogP contribution is -2.57. The number of likely N-dealkylation sites (tertiary alicyclic amines) is 1. The van der Waals surface area contributed by atoms with E-state index in [1.807, 2.05) is 0 Å². The van der Waals surface area contributed by atoms with Crippen LogP contribution in [-0.4, -0.2) is 24.5 Å². The van der Waals surface area contributed by atoms with Crippen LogP contribution in [0.1, 0.15) is 59.8 Å². The molecule has 0 radical (unpaired) electrons. The summed E-state index contributed by atoms with van der Waals surface area (Å²) in [5.74, 6) is 0.995. The average molecular weight is 223 g/mol. The van der Waals surface area contributed by atoms with Crippen molar-refractivity contribution in [2.45, 2.75) is 59.8 Å². The molecule has 0 N–H and O–H groups in total. The second-order valence-electron chi connectivity index (χ2n) is 7.70. The summed E-state index contributed by atoms with van der Waals surface area (Å²) >= 11 is 0. The Bertz CT molecular complexity index is 222. The van der Waals surface area contributed by atoms with Gasteiger partial charge in [-0.2, -0.15) is 0 Å². The molecular weight excluding hydrogens is 194 g/mol. The molecule has 2 rings (SSSR count). The predicted octanol–water partition coefficient (Wildman–Crippen LogP) is 3.93. The average Bonchev–Trinajstić information content (AvgIpc) is 2.13. The van der Waals surface area contributed by atoms with Crippen LogP contribution in [0.25, 0.3) is 0 Å². The van der Waals surface area contributed by atoms with E-state index in [9.17, 15) is 0 Å². The van der Waals surface area contributed by atoms with Crippen LogP contribution in [0, 0.1) is 16.7 Å². The van der Waals surface area contributed by atoms with Crippen molar-refractivity contribution in [3.8, 4) is 0 Å². The van der Waals surface area contributed by atoms with Crippen molar-refractivity contribution in [2.24, 2.45) is 16.7 Å².